The third-order valence-electron chi connectivity index (χ3n) is 2.34. The quantitative estimate of drug-likeness (QED) is 0.684. The monoisotopic (exact) mass is 170 g/mol. The van der Waals surface area contributed by atoms with Crippen LogP contribution in [0, 0.1) is 0 Å². The van der Waals surface area contributed by atoms with E-state index in [0.29, 0.717) is 18.2 Å². The lowest BCUT2D eigenvalue weighted by molar-refractivity contribution is -0.123. The SMILES string of the molecule is CCCC(=O)C1CC(C)NN1C. The fourth-order valence-electron chi connectivity index (χ4n) is 1.74. The van der Waals surface area contributed by atoms with Gasteiger partial charge in [-0.2, -0.15) is 0 Å². The third kappa shape index (κ3) is 2.05. The van der Waals surface area contributed by atoms with Crippen molar-refractivity contribution >= 4 is 5.78 Å². The highest BCUT2D eigenvalue weighted by molar-refractivity contribution is 5.84. The molecular formula is C9H18N2O. The summed E-state index contributed by atoms with van der Waals surface area (Å²) in [4.78, 5) is 11.5. The lowest BCUT2D eigenvalue weighted by Crippen LogP contribution is -2.39. The van der Waals surface area contributed by atoms with Crippen LogP contribution in [0.4, 0.5) is 0 Å². The van der Waals surface area contributed by atoms with Gasteiger partial charge in [0.2, 0.25) is 0 Å². The van der Waals surface area contributed by atoms with Gasteiger partial charge in [0.05, 0.1) is 6.04 Å². The molecule has 0 radical (unpaired) electrons. The van der Waals surface area contributed by atoms with E-state index in [0.717, 1.165) is 12.8 Å². The zero-order valence-corrected chi connectivity index (χ0v) is 8.13. The number of hydrogen-bond donors (Lipinski definition) is 1. The normalized spacial score (nSPS) is 30.9. The number of ketones is 1. The van der Waals surface area contributed by atoms with Gasteiger partial charge in [0.1, 0.15) is 0 Å². The molecule has 0 saturated carbocycles. The predicted octanol–water partition coefficient (Wildman–Crippen LogP) is 0.953. The topological polar surface area (TPSA) is 32.3 Å². The van der Waals surface area contributed by atoms with Gasteiger partial charge in [0.25, 0.3) is 0 Å². The lowest BCUT2D eigenvalue weighted by atomic mass is 10.0. The molecule has 2 atom stereocenters. The summed E-state index contributed by atoms with van der Waals surface area (Å²) < 4.78 is 0. The Kier molecular flexibility index (Phi) is 3.23. The Morgan fingerprint density at radius 1 is 1.67 bits per heavy atom. The largest absolute Gasteiger partial charge is 0.298 e. The minimum absolute atomic E-state index is 0.111. The molecule has 0 aromatic carbocycles. The Labute approximate surface area is 74.1 Å². The van der Waals surface area contributed by atoms with Crippen molar-refractivity contribution in [3.8, 4) is 0 Å². The van der Waals surface area contributed by atoms with Crippen LogP contribution >= 0.6 is 0 Å². The second-order valence-electron chi connectivity index (χ2n) is 3.61. The first-order chi connectivity index (χ1) is 5.65. The standard InChI is InChI=1S/C9H18N2O/c1-4-5-9(12)8-6-7(2)10-11(8)3/h7-8,10H,4-6H2,1-3H3. The van der Waals surface area contributed by atoms with Crippen molar-refractivity contribution in [3.63, 3.8) is 0 Å². The van der Waals surface area contributed by atoms with E-state index in [-0.39, 0.29) is 6.04 Å². The Hall–Kier alpha value is -0.410. The van der Waals surface area contributed by atoms with Crippen molar-refractivity contribution in [3.05, 3.63) is 0 Å². The van der Waals surface area contributed by atoms with Gasteiger partial charge in [0.15, 0.2) is 5.78 Å². The molecule has 0 amide bonds. The number of Topliss-reactive ketones (excluding diaryl/α,β-unsaturated/α-hetero) is 1. The highest BCUT2D eigenvalue weighted by atomic mass is 16.1. The van der Waals surface area contributed by atoms with E-state index in [1.54, 1.807) is 0 Å². The molecule has 0 aromatic rings. The van der Waals surface area contributed by atoms with E-state index in [1.807, 2.05) is 19.0 Å². The van der Waals surface area contributed by atoms with Gasteiger partial charge in [-0.05, 0) is 19.8 Å². The van der Waals surface area contributed by atoms with Gasteiger partial charge < -0.3 is 0 Å². The molecule has 1 heterocycles. The number of hydrazine groups is 1. The predicted molar refractivity (Wildman–Crippen MR) is 48.7 cm³/mol. The number of likely N-dealkylation sites (N-methyl/N-ethyl adjacent to an activating group) is 1. The van der Waals surface area contributed by atoms with Crippen LogP contribution < -0.4 is 5.43 Å². The average Bonchev–Trinajstić information content (AvgIpc) is 2.30. The van der Waals surface area contributed by atoms with Crippen LogP contribution in [0.25, 0.3) is 0 Å². The fraction of sp³-hybridized carbons (Fsp3) is 0.889. The summed E-state index contributed by atoms with van der Waals surface area (Å²) >= 11 is 0. The van der Waals surface area contributed by atoms with E-state index in [9.17, 15) is 4.79 Å². The van der Waals surface area contributed by atoms with Crippen LogP contribution in [0.5, 0.6) is 0 Å². The summed E-state index contributed by atoms with van der Waals surface area (Å²) in [6, 6.07) is 0.556. The zero-order valence-electron chi connectivity index (χ0n) is 8.13. The Morgan fingerprint density at radius 3 is 2.75 bits per heavy atom. The molecule has 1 fully saturated rings. The number of nitrogens with one attached hydrogen (secondary N) is 1. The summed E-state index contributed by atoms with van der Waals surface area (Å²) in [7, 11) is 1.95. The highest BCUT2D eigenvalue weighted by Gasteiger charge is 2.30. The van der Waals surface area contributed by atoms with Crippen molar-refractivity contribution in [2.45, 2.75) is 45.2 Å². The van der Waals surface area contributed by atoms with Crippen LogP contribution in [-0.4, -0.2) is 29.9 Å². The number of hydrogen-bond acceptors (Lipinski definition) is 3. The fourth-order valence-corrected chi connectivity index (χ4v) is 1.74. The van der Waals surface area contributed by atoms with Crippen molar-refractivity contribution in [2.75, 3.05) is 7.05 Å². The lowest BCUT2D eigenvalue weighted by Gasteiger charge is -2.16. The third-order valence-corrected chi connectivity index (χ3v) is 2.34. The summed E-state index contributed by atoms with van der Waals surface area (Å²) in [5.74, 6) is 0.372. The van der Waals surface area contributed by atoms with Gasteiger partial charge in [-0.25, -0.2) is 5.01 Å². The Bertz CT molecular complexity index is 170. The maximum absolute atomic E-state index is 11.5. The number of rotatable bonds is 3. The summed E-state index contributed by atoms with van der Waals surface area (Å²) in [5.41, 5.74) is 3.22. The van der Waals surface area contributed by atoms with E-state index in [4.69, 9.17) is 0 Å². The van der Waals surface area contributed by atoms with Crippen LogP contribution in [0.1, 0.15) is 33.1 Å². The summed E-state index contributed by atoms with van der Waals surface area (Å²) in [5, 5.41) is 1.95. The number of nitrogens with zero attached hydrogens (tertiary/aromatic N) is 1. The van der Waals surface area contributed by atoms with Crippen LogP contribution in [0.15, 0.2) is 0 Å². The van der Waals surface area contributed by atoms with Gasteiger partial charge in [0, 0.05) is 19.5 Å². The van der Waals surface area contributed by atoms with E-state index in [2.05, 4.69) is 12.3 Å². The molecule has 1 N–H and O–H groups in total. The second kappa shape index (κ2) is 4.01. The maximum atomic E-state index is 11.5. The molecule has 1 rings (SSSR count). The molecule has 3 heteroatoms. The van der Waals surface area contributed by atoms with Crippen LogP contribution in [0.2, 0.25) is 0 Å². The van der Waals surface area contributed by atoms with Crippen molar-refractivity contribution in [1.29, 1.82) is 0 Å². The molecular weight excluding hydrogens is 152 g/mol. The molecule has 1 aliphatic rings. The molecule has 0 spiro atoms. The summed E-state index contributed by atoms with van der Waals surface area (Å²) in [6.07, 6.45) is 2.62. The first-order valence-corrected chi connectivity index (χ1v) is 4.67. The number of carbonyl (C=O) groups excluding carboxylic acids is 1. The minimum atomic E-state index is 0.111. The van der Waals surface area contributed by atoms with E-state index < -0.39 is 0 Å². The molecule has 0 aromatic heterocycles. The van der Waals surface area contributed by atoms with Crippen molar-refractivity contribution in [1.82, 2.24) is 10.4 Å². The molecule has 0 bridgehead atoms. The molecule has 3 nitrogen and oxygen atoms in total. The minimum Gasteiger partial charge on any atom is -0.298 e. The zero-order chi connectivity index (χ0) is 9.14. The molecule has 70 valence electrons. The maximum Gasteiger partial charge on any atom is 0.151 e. The molecule has 1 saturated heterocycles. The molecule has 0 aliphatic carbocycles. The van der Waals surface area contributed by atoms with Gasteiger partial charge in [-0.15, -0.1) is 0 Å². The molecule has 1 aliphatic heterocycles. The summed E-state index contributed by atoms with van der Waals surface area (Å²) in [6.45, 7) is 4.15. The first kappa shape index (κ1) is 9.68. The Balaban J connectivity index is 2.46. The smallest absolute Gasteiger partial charge is 0.151 e. The molecule has 2 unspecified atom stereocenters. The van der Waals surface area contributed by atoms with Crippen LogP contribution in [-0.2, 0) is 4.79 Å². The van der Waals surface area contributed by atoms with E-state index in [1.165, 1.54) is 0 Å². The van der Waals surface area contributed by atoms with E-state index >= 15 is 0 Å². The first-order valence-electron chi connectivity index (χ1n) is 4.67. The second-order valence-corrected chi connectivity index (χ2v) is 3.61. The van der Waals surface area contributed by atoms with Crippen LogP contribution in [0.3, 0.4) is 0 Å². The van der Waals surface area contributed by atoms with Gasteiger partial charge >= 0.3 is 0 Å². The highest BCUT2D eigenvalue weighted by Crippen LogP contribution is 2.14. The van der Waals surface area contributed by atoms with Crippen molar-refractivity contribution < 1.29 is 4.79 Å². The number of carbonyl (C=O) groups is 1. The van der Waals surface area contributed by atoms with Crippen molar-refractivity contribution in [2.24, 2.45) is 0 Å². The average molecular weight is 170 g/mol. The van der Waals surface area contributed by atoms with Gasteiger partial charge in [-0.3, -0.25) is 10.2 Å². The molecule has 12 heavy (non-hydrogen) atoms. The Morgan fingerprint density at radius 2 is 2.33 bits per heavy atom. The van der Waals surface area contributed by atoms with Gasteiger partial charge in [-0.1, -0.05) is 6.92 Å².